The van der Waals surface area contributed by atoms with E-state index in [2.05, 4.69) is 24.3 Å². The molecule has 98 valence electrons. The minimum Gasteiger partial charge on any atom is -0.337 e. The first kappa shape index (κ1) is 12.8. The highest BCUT2D eigenvalue weighted by molar-refractivity contribution is 5.92. The molecule has 0 atom stereocenters. The highest BCUT2D eigenvalue weighted by Crippen LogP contribution is 2.29. The van der Waals surface area contributed by atoms with E-state index in [1.807, 2.05) is 4.90 Å². The number of likely N-dealkylation sites (tertiary alicyclic amines) is 1. The Morgan fingerprint density at radius 2 is 2.28 bits per heavy atom. The maximum Gasteiger partial charge on any atom is 0.272 e. The minimum absolute atomic E-state index is 0.00588. The largest absolute Gasteiger partial charge is 0.337 e. The molecule has 1 aromatic rings. The lowest BCUT2D eigenvalue weighted by atomic mass is 9.84. The van der Waals surface area contributed by atoms with Crippen molar-refractivity contribution in [1.82, 2.24) is 9.88 Å². The highest BCUT2D eigenvalue weighted by atomic mass is 16.2. The van der Waals surface area contributed by atoms with Crippen LogP contribution in [0.4, 0.5) is 5.69 Å². The molecule has 0 radical (unpaired) electrons. The van der Waals surface area contributed by atoms with Crippen LogP contribution >= 0.6 is 0 Å². The quantitative estimate of drug-likeness (QED) is 0.616. The normalized spacial score (nSPS) is 18.5. The summed E-state index contributed by atoms with van der Waals surface area (Å²) in [5.74, 6) is 5.27. The Balaban J connectivity index is 2.10. The van der Waals surface area contributed by atoms with Crippen LogP contribution in [0.1, 0.15) is 37.2 Å². The molecule has 0 spiro atoms. The summed E-state index contributed by atoms with van der Waals surface area (Å²) < 4.78 is 0. The van der Waals surface area contributed by atoms with Gasteiger partial charge in [0.15, 0.2) is 0 Å². The molecule has 1 saturated heterocycles. The van der Waals surface area contributed by atoms with Crippen LogP contribution in [0.2, 0.25) is 0 Å². The summed E-state index contributed by atoms with van der Waals surface area (Å²) in [6, 6.07) is 3.47. The molecule has 3 N–H and O–H groups in total. The number of pyridine rings is 1. The molecule has 1 fully saturated rings. The lowest BCUT2D eigenvalue weighted by Gasteiger charge is -2.37. The zero-order valence-electron chi connectivity index (χ0n) is 10.9. The van der Waals surface area contributed by atoms with Gasteiger partial charge >= 0.3 is 0 Å². The number of carbonyl (C=O) groups excluding carboxylic acids is 1. The third kappa shape index (κ3) is 2.79. The van der Waals surface area contributed by atoms with Gasteiger partial charge in [0.2, 0.25) is 0 Å². The van der Waals surface area contributed by atoms with E-state index >= 15 is 0 Å². The molecule has 0 bridgehead atoms. The van der Waals surface area contributed by atoms with E-state index in [4.69, 9.17) is 5.84 Å². The van der Waals surface area contributed by atoms with Crippen LogP contribution in [-0.2, 0) is 0 Å². The fourth-order valence-electron chi connectivity index (χ4n) is 2.36. The third-order valence-corrected chi connectivity index (χ3v) is 3.34. The van der Waals surface area contributed by atoms with Gasteiger partial charge in [-0.05, 0) is 30.4 Å². The van der Waals surface area contributed by atoms with Crippen molar-refractivity contribution in [2.75, 3.05) is 18.5 Å². The minimum atomic E-state index is 0.00588. The molecule has 5 nitrogen and oxygen atoms in total. The number of piperidine rings is 1. The maximum absolute atomic E-state index is 12.3. The number of amides is 1. The van der Waals surface area contributed by atoms with Crippen LogP contribution < -0.4 is 11.3 Å². The topological polar surface area (TPSA) is 71.2 Å². The van der Waals surface area contributed by atoms with Gasteiger partial charge in [-0.25, -0.2) is 4.98 Å². The fourth-order valence-corrected chi connectivity index (χ4v) is 2.36. The van der Waals surface area contributed by atoms with Gasteiger partial charge in [-0.15, -0.1) is 0 Å². The zero-order valence-corrected chi connectivity index (χ0v) is 10.9. The van der Waals surface area contributed by atoms with E-state index in [1.54, 1.807) is 18.3 Å². The zero-order chi connectivity index (χ0) is 13.2. The van der Waals surface area contributed by atoms with Gasteiger partial charge in [0.05, 0.1) is 11.9 Å². The van der Waals surface area contributed by atoms with Crippen molar-refractivity contribution in [3.05, 3.63) is 24.0 Å². The summed E-state index contributed by atoms with van der Waals surface area (Å²) in [6.45, 7) is 6.01. The molecule has 0 aliphatic carbocycles. The fraction of sp³-hybridized carbons (Fsp3) is 0.538. The van der Waals surface area contributed by atoms with Crippen LogP contribution in [0, 0.1) is 5.41 Å². The average Bonchev–Trinajstić information content (AvgIpc) is 2.37. The Kier molecular flexibility index (Phi) is 3.52. The Bertz CT molecular complexity index is 427. The molecule has 1 aliphatic heterocycles. The first-order valence-corrected chi connectivity index (χ1v) is 6.24. The van der Waals surface area contributed by atoms with E-state index in [-0.39, 0.29) is 11.3 Å². The maximum atomic E-state index is 12.3. The standard InChI is InChI=1S/C13H20N4O/c1-13(2)6-3-7-17(9-13)12(18)11-5-4-10(16-14)8-15-11/h4-5,8,16H,3,6-7,9,14H2,1-2H3. The second kappa shape index (κ2) is 4.94. The van der Waals surface area contributed by atoms with Gasteiger partial charge in [-0.1, -0.05) is 13.8 Å². The van der Waals surface area contributed by atoms with E-state index in [1.165, 1.54) is 6.42 Å². The lowest BCUT2D eigenvalue weighted by molar-refractivity contribution is 0.0577. The Morgan fingerprint density at radius 3 is 2.83 bits per heavy atom. The van der Waals surface area contributed by atoms with Crippen LogP contribution in [0.15, 0.2) is 18.3 Å². The van der Waals surface area contributed by atoms with Crippen molar-refractivity contribution >= 4 is 11.6 Å². The molecular weight excluding hydrogens is 228 g/mol. The van der Waals surface area contributed by atoms with Crippen LogP contribution in [0.3, 0.4) is 0 Å². The smallest absolute Gasteiger partial charge is 0.272 e. The number of hydrogen-bond acceptors (Lipinski definition) is 4. The Labute approximate surface area is 107 Å². The second-order valence-corrected chi connectivity index (χ2v) is 5.57. The molecule has 2 heterocycles. The number of rotatable bonds is 2. The number of hydrogen-bond donors (Lipinski definition) is 2. The number of aromatic nitrogens is 1. The van der Waals surface area contributed by atoms with Crippen LogP contribution in [-0.4, -0.2) is 28.9 Å². The Morgan fingerprint density at radius 1 is 1.50 bits per heavy atom. The van der Waals surface area contributed by atoms with Crippen molar-refractivity contribution in [2.24, 2.45) is 11.3 Å². The van der Waals surface area contributed by atoms with E-state index in [0.717, 1.165) is 19.5 Å². The number of nitrogens with two attached hydrogens (primary N) is 1. The lowest BCUT2D eigenvalue weighted by Crippen LogP contribution is -2.43. The van der Waals surface area contributed by atoms with Gasteiger partial charge in [0.25, 0.3) is 5.91 Å². The molecule has 2 rings (SSSR count). The predicted octanol–water partition coefficient (Wildman–Crippen LogP) is 1.63. The number of hydrazine groups is 1. The second-order valence-electron chi connectivity index (χ2n) is 5.57. The summed E-state index contributed by atoms with van der Waals surface area (Å²) in [6.07, 6.45) is 3.80. The number of anilines is 1. The van der Waals surface area contributed by atoms with Crippen molar-refractivity contribution in [3.8, 4) is 0 Å². The predicted molar refractivity (Wildman–Crippen MR) is 71.0 cm³/mol. The molecular formula is C13H20N4O. The SMILES string of the molecule is CC1(C)CCCN(C(=O)c2ccc(NN)cn2)C1. The number of nitrogens with one attached hydrogen (secondary N) is 1. The summed E-state index contributed by atoms with van der Waals surface area (Å²) in [7, 11) is 0. The average molecular weight is 248 g/mol. The molecule has 0 saturated carbocycles. The first-order valence-electron chi connectivity index (χ1n) is 6.24. The number of nitrogen functional groups attached to an aromatic ring is 1. The monoisotopic (exact) mass is 248 g/mol. The van der Waals surface area contributed by atoms with E-state index in [0.29, 0.717) is 11.4 Å². The summed E-state index contributed by atoms with van der Waals surface area (Å²) in [4.78, 5) is 18.3. The van der Waals surface area contributed by atoms with Crippen molar-refractivity contribution in [2.45, 2.75) is 26.7 Å². The summed E-state index contributed by atoms with van der Waals surface area (Å²) in [5.41, 5.74) is 3.88. The molecule has 5 heteroatoms. The van der Waals surface area contributed by atoms with Gasteiger partial charge in [0, 0.05) is 13.1 Å². The highest BCUT2D eigenvalue weighted by Gasteiger charge is 2.29. The first-order chi connectivity index (χ1) is 8.52. The van der Waals surface area contributed by atoms with Crippen LogP contribution in [0.25, 0.3) is 0 Å². The summed E-state index contributed by atoms with van der Waals surface area (Å²) in [5, 5.41) is 0. The van der Waals surface area contributed by atoms with Gasteiger partial charge in [-0.2, -0.15) is 0 Å². The van der Waals surface area contributed by atoms with Crippen molar-refractivity contribution in [1.29, 1.82) is 0 Å². The molecule has 1 amide bonds. The number of nitrogens with zero attached hydrogens (tertiary/aromatic N) is 2. The third-order valence-electron chi connectivity index (χ3n) is 3.34. The van der Waals surface area contributed by atoms with E-state index < -0.39 is 0 Å². The molecule has 1 aromatic heterocycles. The number of carbonyl (C=O) groups is 1. The molecule has 1 aliphatic rings. The molecule has 18 heavy (non-hydrogen) atoms. The van der Waals surface area contributed by atoms with Crippen molar-refractivity contribution < 1.29 is 4.79 Å². The summed E-state index contributed by atoms with van der Waals surface area (Å²) >= 11 is 0. The van der Waals surface area contributed by atoms with E-state index in [9.17, 15) is 4.79 Å². The van der Waals surface area contributed by atoms with Crippen LogP contribution in [0.5, 0.6) is 0 Å². The molecule has 0 aromatic carbocycles. The van der Waals surface area contributed by atoms with Gasteiger partial charge in [0.1, 0.15) is 5.69 Å². The van der Waals surface area contributed by atoms with Gasteiger partial charge in [-0.3, -0.25) is 10.6 Å². The Hall–Kier alpha value is -1.62. The van der Waals surface area contributed by atoms with Crippen molar-refractivity contribution in [3.63, 3.8) is 0 Å². The van der Waals surface area contributed by atoms with Gasteiger partial charge < -0.3 is 10.3 Å². The molecule has 0 unspecified atom stereocenters.